The van der Waals surface area contributed by atoms with Crippen molar-refractivity contribution in [1.29, 1.82) is 0 Å². The van der Waals surface area contributed by atoms with Crippen LogP contribution in [0.15, 0.2) is 30.3 Å². The van der Waals surface area contributed by atoms with Gasteiger partial charge in [-0.1, -0.05) is 61.5 Å². The van der Waals surface area contributed by atoms with Gasteiger partial charge in [0.25, 0.3) is 0 Å². The van der Waals surface area contributed by atoms with Crippen LogP contribution in [0.2, 0.25) is 18.1 Å². The summed E-state index contributed by atoms with van der Waals surface area (Å²) in [4.78, 5) is 0. The Kier molecular flexibility index (Phi) is 5.92. The van der Waals surface area contributed by atoms with E-state index in [1.165, 1.54) is 5.19 Å². The van der Waals surface area contributed by atoms with Crippen LogP contribution in [0, 0.1) is 0 Å². The third kappa shape index (κ3) is 3.63. The molecule has 146 valence electrons. The molecule has 3 unspecified atom stereocenters. The number of hydrogen-bond donors (Lipinski definition) is 1. The van der Waals surface area contributed by atoms with Crippen LogP contribution in [0.3, 0.4) is 0 Å². The van der Waals surface area contributed by atoms with Gasteiger partial charge in [0.2, 0.25) is 0 Å². The molecular weight excluding hydrogens is 348 g/mol. The zero-order valence-corrected chi connectivity index (χ0v) is 17.5. The second-order valence-corrected chi connectivity index (χ2v) is 12.9. The zero-order chi connectivity index (χ0) is 18.9. The maximum absolute atomic E-state index is 11.0. The minimum absolute atomic E-state index is 0.314. The Hall–Kier alpha value is -0.763. The van der Waals surface area contributed by atoms with Gasteiger partial charge < -0.3 is 24.1 Å². The summed E-state index contributed by atoms with van der Waals surface area (Å²) in [6.45, 7) is 8.24. The van der Waals surface area contributed by atoms with E-state index in [0.717, 1.165) is 18.1 Å². The van der Waals surface area contributed by atoms with Crippen molar-refractivity contribution >= 4 is 13.3 Å². The van der Waals surface area contributed by atoms with Crippen LogP contribution in [-0.2, 0) is 18.9 Å². The van der Waals surface area contributed by atoms with Gasteiger partial charge in [-0.2, -0.15) is 0 Å². The summed E-state index contributed by atoms with van der Waals surface area (Å²) in [6.07, 6.45) is -2.39. The van der Waals surface area contributed by atoms with E-state index in [4.69, 9.17) is 18.9 Å². The largest absolute Gasteiger partial charge is 0.388 e. The van der Waals surface area contributed by atoms with Crippen LogP contribution in [0.5, 0.6) is 0 Å². The number of rotatable bonds is 6. The molecular formula is C20H32O5Si. The molecule has 0 saturated carbocycles. The molecule has 26 heavy (non-hydrogen) atoms. The van der Waals surface area contributed by atoms with Crippen molar-refractivity contribution in [2.24, 2.45) is 0 Å². The molecule has 2 saturated heterocycles. The maximum atomic E-state index is 11.0. The molecule has 1 N–H and O–H groups in total. The molecule has 2 aliphatic rings. The number of aliphatic hydroxyl groups is 1. The standard InChI is InChI=1S/C20H32O5Si/c1-6-26(7-2,14-11-9-8-10-12-14)13-15-16(21)17-18(19(22-5)23-15)25-20(3,4)24-17/h8-12,15-19,21H,6-7,13H2,1-5H3/t15?,16-,17?,18?,19+/m0/s1. The Labute approximate surface area is 157 Å². The van der Waals surface area contributed by atoms with Crippen LogP contribution >= 0.6 is 0 Å². The second-order valence-electron chi connectivity index (χ2n) is 7.89. The van der Waals surface area contributed by atoms with Gasteiger partial charge >= 0.3 is 0 Å². The highest BCUT2D eigenvalue weighted by Crippen LogP contribution is 2.40. The third-order valence-corrected chi connectivity index (χ3v) is 11.5. The van der Waals surface area contributed by atoms with Gasteiger partial charge in [0.1, 0.15) is 18.3 Å². The number of aliphatic hydroxyl groups excluding tert-OH is 1. The molecule has 0 bridgehead atoms. The lowest BCUT2D eigenvalue weighted by Gasteiger charge is -2.43. The first-order valence-corrected chi connectivity index (χ1v) is 12.3. The lowest BCUT2D eigenvalue weighted by Crippen LogP contribution is -2.60. The highest BCUT2D eigenvalue weighted by Gasteiger charge is 2.56. The minimum atomic E-state index is -1.81. The predicted octanol–water partition coefficient (Wildman–Crippen LogP) is 2.63. The maximum Gasteiger partial charge on any atom is 0.186 e. The number of hydrogen-bond acceptors (Lipinski definition) is 5. The highest BCUT2D eigenvalue weighted by molar-refractivity contribution is 6.91. The Morgan fingerprint density at radius 3 is 2.27 bits per heavy atom. The number of benzene rings is 1. The summed E-state index contributed by atoms with van der Waals surface area (Å²) < 4.78 is 23.7. The Morgan fingerprint density at radius 1 is 1.08 bits per heavy atom. The van der Waals surface area contributed by atoms with E-state index >= 15 is 0 Å². The third-order valence-electron chi connectivity index (χ3n) is 6.02. The van der Waals surface area contributed by atoms with Gasteiger partial charge in [-0.25, -0.2) is 0 Å². The van der Waals surface area contributed by atoms with Crippen LogP contribution in [0.25, 0.3) is 0 Å². The SMILES string of the molecule is CC[Si](CC)(CC1O[C@@H](OC)C2OC(C)(C)OC2[C@H]1O)c1ccccc1. The molecule has 0 amide bonds. The van der Waals surface area contributed by atoms with Gasteiger partial charge in [0.05, 0.1) is 14.2 Å². The van der Waals surface area contributed by atoms with E-state index in [-0.39, 0.29) is 6.10 Å². The first-order chi connectivity index (χ1) is 12.4. The van der Waals surface area contributed by atoms with E-state index in [9.17, 15) is 5.11 Å². The Bertz CT molecular complexity index is 589. The molecule has 3 rings (SSSR count). The molecule has 5 atom stereocenters. The van der Waals surface area contributed by atoms with E-state index in [0.29, 0.717) is 0 Å². The molecule has 1 aromatic carbocycles. The predicted molar refractivity (Wildman–Crippen MR) is 103 cm³/mol. The summed E-state index contributed by atoms with van der Waals surface area (Å²) in [5.74, 6) is -0.741. The van der Waals surface area contributed by atoms with Crippen molar-refractivity contribution in [2.75, 3.05) is 7.11 Å². The van der Waals surface area contributed by atoms with Crippen molar-refractivity contribution < 1.29 is 24.1 Å². The number of fused-ring (bicyclic) bond motifs is 1. The van der Waals surface area contributed by atoms with Crippen molar-refractivity contribution in [3.8, 4) is 0 Å². The topological polar surface area (TPSA) is 57.2 Å². The molecule has 0 spiro atoms. The molecule has 2 aliphatic heterocycles. The highest BCUT2D eigenvalue weighted by atomic mass is 28.3. The van der Waals surface area contributed by atoms with Gasteiger partial charge in [-0.3, -0.25) is 0 Å². The lowest BCUT2D eigenvalue weighted by atomic mass is 10.00. The lowest BCUT2D eigenvalue weighted by molar-refractivity contribution is -0.262. The fraction of sp³-hybridized carbons (Fsp3) is 0.700. The van der Waals surface area contributed by atoms with Crippen LogP contribution in [-0.4, -0.2) is 56.8 Å². The van der Waals surface area contributed by atoms with Gasteiger partial charge in [0, 0.05) is 7.11 Å². The average Bonchev–Trinajstić information content (AvgIpc) is 2.98. The molecule has 2 heterocycles. The average molecular weight is 381 g/mol. The van der Waals surface area contributed by atoms with Crippen molar-refractivity contribution in [3.05, 3.63) is 30.3 Å². The Balaban J connectivity index is 1.86. The van der Waals surface area contributed by atoms with E-state index in [2.05, 4.69) is 44.2 Å². The van der Waals surface area contributed by atoms with Crippen LogP contribution in [0.1, 0.15) is 27.7 Å². The monoisotopic (exact) mass is 380 g/mol. The molecule has 2 fully saturated rings. The molecule has 6 heteroatoms. The quantitative estimate of drug-likeness (QED) is 0.769. The van der Waals surface area contributed by atoms with Gasteiger partial charge in [-0.05, 0) is 19.9 Å². The van der Waals surface area contributed by atoms with Crippen molar-refractivity contribution in [3.63, 3.8) is 0 Å². The summed E-state index contributed by atoms with van der Waals surface area (Å²) in [6, 6.07) is 13.8. The summed E-state index contributed by atoms with van der Waals surface area (Å²) in [5.41, 5.74) is 0. The van der Waals surface area contributed by atoms with E-state index < -0.39 is 38.5 Å². The summed E-state index contributed by atoms with van der Waals surface area (Å²) in [7, 11) is -0.190. The number of ether oxygens (including phenoxy) is 4. The minimum Gasteiger partial charge on any atom is -0.388 e. The second kappa shape index (κ2) is 7.70. The fourth-order valence-electron chi connectivity index (χ4n) is 4.43. The first kappa shape index (κ1) is 20.0. The molecule has 0 aliphatic carbocycles. The zero-order valence-electron chi connectivity index (χ0n) is 16.5. The first-order valence-electron chi connectivity index (χ1n) is 9.63. The summed E-state index contributed by atoms with van der Waals surface area (Å²) >= 11 is 0. The molecule has 5 nitrogen and oxygen atoms in total. The van der Waals surface area contributed by atoms with Crippen molar-refractivity contribution in [1.82, 2.24) is 0 Å². The van der Waals surface area contributed by atoms with Gasteiger partial charge in [-0.15, -0.1) is 0 Å². The fourth-order valence-corrected chi connectivity index (χ4v) is 8.57. The molecule has 0 radical (unpaired) electrons. The van der Waals surface area contributed by atoms with E-state index in [1.807, 2.05) is 13.8 Å². The Morgan fingerprint density at radius 2 is 1.69 bits per heavy atom. The smallest absolute Gasteiger partial charge is 0.186 e. The normalized spacial score (nSPS) is 33.8. The van der Waals surface area contributed by atoms with Gasteiger partial charge in [0.15, 0.2) is 12.1 Å². The molecule has 1 aromatic rings. The van der Waals surface area contributed by atoms with Crippen molar-refractivity contribution in [2.45, 2.75) is 82.3 Å². The van der Waals surface area contributed by atoms with Crippen LogP contribution < -0.4 is 5.19 Å². The summed E-state index contributed by atoms with van der Waals surface area (Å²) in [5, 5.41) is 12.4. The van der Waals surface area contributed by atoms with E-state index in [1.54, 1.807) is 7.11 Å². The number of methoxy groups -OCH3 is 1. The van der Waals surface area contributed by atoms with Crippen LogP contribution in [0.4, 0.5) is 0 Å². The molecule has 0 aromatic heterocycles.